The van der Waals surface area contributed by atoms with Crippen LogP contribution in [0.15, 0.2) is 47.4 Å². The molecule has 1 aromatic rings. The molecule has 0 aliphatic rings. The van der Waals surface area contributed by atoms with Crippen molar-refractivity contribution in [3.8, 4) is 0 Å². The van der Waals surface area contributed by atoms with Crippen LogP contribution in [0.1, 0.15) is 189 Å². The first kappa shape index (κ1) is 43.6. The summed E-state index contributed by atoms with van der Waals surface area (Å²) in [5.74, 6) is -1.83. The third-order valence-corrected chi connectivity index (χ3v) is 9.44. The van der Waals surface area contributed by atoms with Crippen LogP contribution in [0.4, 0.5) is 0 Å². The molecule has 0 bridgehead atoms. The van der Waals surface area contributed by atoms with Crippen LogP contribution in [-0.4, -0.2) is 38.1 Å². The number of benzene rings is 1. The highest BCUT2D eigenvalue weighted by atomic mass is 32.2. The molecule has 0 fully saturated rings. The molecule has 0 aromatic heterocycles. The molecular formula is C40H66O7S. The van der Waals surface area contributed by atoms with Gasteiger partial charge in [-0.25, -0.2) is 9.59 Å². The SMILES string of the molecule is CCCCCCCCCCCC/C=C/CCOC(=O)c1cccc(S(=O)(=O)O)c1C(=O)OCC/C=C/CCCCCCCCCCCC. The van der Waals surface area contributed by atoms with Crippen molar-refractivity contribution < 1.29 is 32.0 Å². The zero-order chi connectivity index (χ0) is 35.1. The second-order valence-electron chi connectivity index (χ2n) is 12.9. The molecule has 0 aliphatic heterocycles. The van der Waals surface area contributed by atoms with Crippen molar-refractivity contribution in [1.82, 2.24) is 0 Å². The minimum Gasteiger partial charge on any atom is -0.462 e. The van der Waals surface area contributed by atoms with Crippen LogP contribution in [0.3, 0.4) is 0 Å². The molecule has 0 atom stereocenters. The number of hydrogen-bond donors (Lipinski definition) is 1. The summed E-state index contributed by atoms with van der Waals surface area (Å²) in [6, 6.07) is 3.67. The second-order valence-corrected chi connectivity index (χ2v) is 14.3. The maximum atomic E-state index is 12.9. The molecule has 0 aliphatic carbocycles. The molecule has 7 nitrogen and oxygen atoms in total. The van der Waals surface area contributed by atoms with Crippen LogP contribution in [0.2, 0.25) is 0 Å². The Morgan fingerprint density at radius 2 is 0.938 bits per heavy atom. The molecule has 0 amide bonds. The fraction of sp³-hybridized carbons (Fsp3) is 0.700. The molecule has 0 heterocycles. The summed E-state index contributed by atoms with van der Waals surface area (Å²) in [6.45, 7) is 4.59. The van der Waals surface area contributed by atoms with Gasteiger partial charge < -0.3 is 9.47 Å². The van der Waals surface area contributed by atoms with Crippen LogP contribution in [-0.2, 0) is 19.6 Å². The highest BCUT2D eigenvalue weighted by Crippen LogP contribution is 2.22. The molecule has 48 heavy (non-hydrogen) atoms. The summed E-state index contributed by atoms with van der Waals surface area (Å²) in [6.07, 6.45) is 36.8. The summed E-state index contributed by atoms with van der Waals surface area (Å²) < 4.78 is 44.4. The van der Waals surface area contributed by atoms with E-state index in [1.165, 1.54) is 128 Å². The Morgan fingerprint density at radius 1 is 0.562 bits per heavy atom. The minimum absolute atomic E-state index is 0.0193. The highest BCUT2D eigenvalue weighted by Gasteiger charge is 2.28. The molecule has 1 N–H and O–H groups in total. The number of hydrogen-bond acceptors (Lipinski definition) is 6. The van der Waals surface area contributed by atoms with Gasteiger partial charge in [0.25, 0.3) is 10.1 Å². The summed E-state index contributed by atoms with van der Waals surface area (Å²) in [4.78, 5) is 25.1. The van der Waals surface area contributed by atoms with Crippen molar-refractivity contribution in [3.05, 3.63) is 53.6 Å². The summed E-state index contributed by atoms with van der Waals surface area (Å²) >= 11 is 0. The molecular weight excluding hydrogens is 624 g/mol. The van der Waals surface area contributed by atoms with Gasteiger partial charge in [0.2, 0.25) is 0 Å². The van der Waals surface area contributed by atoms with E-state index in [0.717, 1.165) is 31.7 Å². The Morgan fingerprint density at radius 3 is 1.35 bits per heavy atom. The molecule has 0 unspecified atom stereocenters. The smallest absolute Gasteiger partial charge is 0.340 e. The lowest BCUT2D eigenvalue weighted by Gasteiger charge is -2.12. The largest absolute Gasteiger partial charge is 0.462 e. The lowest BCUT2D eigenvalue weighted by molar-refractivity contribution is 0.0460. The first-order valence-electron chi connectivity index (χ1n) is 19.1. The van der Waals surface area contributed by atoms with Crippen LogP contribution in [0.25, 0.3) is 0 Å². The zero-order valence-corrected chi connectivity index (χ0v) is 31.0. The van der Waals surface area contributed by atoms with Gasteiger partial charge in [0.05, 0.1) is 24.3 Å². The average molecular weight is 691 g/mol. The number of rotatable bonds is 31. The third kappa shape index (κ3) is 22.2. The van der Waals surface area contributed by atoms with Gasteiger partial charge in [-0.1, -0.05) is 160 Å². The van der Waals surface area contributed by atoms with Crippen molar-refractivity contribution in [2.75, 3.05) is 13.2 Å². The van der Waals surface area contributed by atoms with Crippen molar-refractivity contribution >= 4 is 22.1 Å². The van der Waals surface area contributed by atoms with Crippen LogP contribution in [0.5, 0.6) is 0 Å². The Labute approximate surface area is 293 Å². The molecule has 1 rings (SSSR count). The number of carbonyl (C=O) groups excluding carboxylic acids is 2. The Hall–Kier alpha value is -2.45. The first-order valence-corrected chi connectivity index (χ1v) is 20.5. The molecule has 0 spiro atoms. The number of ether oxygens (including phenoxy) is 2. The van der Waals surface area contributed by atoms with Gasteiger partial charge in [0, 0.05) is 0 Å². The van der Waals surface area contributed by atoms with E-state index in [1.54, 1.807) is 0 Å². The Balaban J connectivity index is 2.38. The molecule has 1 aromatic carbocycles. The van der Waals surface area contributed by atoms with E-state index in [0.29, 0.717) is 12.8 Å². The van der Waals surface area contributed by atoms with E-state index in [2.05, 4.69) is 26.0 Å². The molecule has 0 saturated heterocycles. The lowest BCUT2D eigenvalue weighted by atomic mass is 10.1. The van der Waals surface area contributed by atoms with E-state index >= 15 is 0 Å². The maximum absolute atomic E-state index is 12.9. The second kappa shape index (κ2) is 29.5. The van der Waals surface area contributed by atoms with Gasteiger partial charge in [0.1, 0.15) is 4.90 Å². The van der Waals surface area contributed by atoms with Crippen molar-refractivity contribution in [2.24, 2.45) is 0 Å². The van der Waals surface area contributed by atoms with Crippen molar-refractivity contribution in [1.29, 1.82) is 0 Å². The lowest BCUT2D eigenvalue weighted by Crippen LogP contribution is -2.19. The number of esters is 2. The van der Waals surface area contributed by atoms with E-state index in [-0.39, 0.29) is 18.8 Å². The summed E-state index contributed by atoms with van der Waals surface area (Å²) in [5, 5.41) is 0. The molecule has 0 radical (unpaired) electrons. The van der Waals surface area contributed by atoms with Gasteiger partial charge in [-0.15, -0.1) is 0 Å². The van der Waals surface area contributed by atoms with Gasteiger partial charge in [0.15, 0.2) is 0 Å². The number of carbonyl (C=O) groups is 2. The van der Waals surface area contributed by atoms with Crippen LogP contribution >= 0.6 is 0 Å². The van der Waals surface area contributed by atoms with E-state index in [9.17, 15) is 22.6 Å². The molecule has 274 valence electrons. The predicted octanol–water partition coefficient (Wildman–Crippen LogP) is 11.8. The van der Waals surface area contributed by atoms with Gasteiger partial charge in [-0.3, -0.25) is 4.55 Å². The predicted molar refractivity (Wildman–Crippen MR) is 197 cm³/mol. The topological polar surface area (TPSA) is 107 Å². The van der Waals surface area contributed by atoms with Gasteiger partial charge in [-0.05, 0) is 50.7 Å². The quantitative estimate of drug-likeness (QED) is 0.0357. The first-order chi connectivity index (χ1) is 23.3. The minimum atomic E-state index is -4.78. The maximum Gasteiger partial charge on any atom is 0.340 e. The van der Waals surface area contributed by atoms with Crippen molar-refractivity contribution in [2.45, 2.75) is 173 Å². The van der Waals surface area contributed by atoms with E-state index in [4.69, 9.17) is 9.47 Å². The molecule has 0 saturated carbocycles. The zero-order valence-electron chi connectivity index (χ0n) is 30.2. The monoisotopic (exact) mass is 690 g/mol. The number of allylic oxidation sites excluding steroid dienone is 2. The van der Waals surface area contributed by atoms with Crippen LogP contribution in [0, 0.1) is 0 Å². The molecule has 8 heteroatoms. The van der Waals surface area contributed by atoms with Gasteiger partial charge in [-0.2, -0.15) is 8.42 Å². The Bertz CT molecular complexity index is 1140. The fourth-order valence-electron chi connectivity index (χ4n) is 5.69. The van der Waals surface area contributed by atoms with E-state index < -0.39 is 32.5 Å². The number of unbranched alkanes of at least 4 members (excludes halogenated alkanes) is 20. The average Bonchev–Trinajstić information content (AvgIpc) is 3.07. The normalized spacial score (nSPS) is 11.9. The van der Waals surface area contributed by atoms with Crippen LogP contribution < -0.4 is 0 Å². The summed E-state index contributed by atoms with van der Waals surface area (Å²) in [7, 11) is -4.78. The van der Waals surface area contributed by atoms with E-state index in [1.807, 2.05) is 12.2 Å². The van der Waals surface area contributed by atoms with Gasteiger partial charge >= 0.3 is 11.9 Å². The highest BCUT2D eigenvalue weighted by molar-refractivity contribution is 7.86. The van der Waals surface area contributed by atoms with Crippen molar-refractivity contribution in [3.63, 3.8) is 0 Å². The third-order valence-electron chi connectivity index (χ3n) is 8.55. The summed E-state index contributed by atoms with van der Waals surface area (Å²) in [5.41, 5.74) is -0.753. The fourth-order valence-corrected chi connectivity index (χ4v) is 6.39. The Kier molecular flexibility index (Phi) is 26.7. The standard InChI is InChI=1S/C40H66O7S/c1-3-5-7-9-11-13-15-17-19-21-23-25-27-29-34-46-39(41)36-32-31-33-37(48(43,44)45)38(36)40(42)47-35-30-28-26-24-22-20-18-16-14-12-10-8-6-4-2/h25-28,31-33H,3-24,29-30,34-35H2,1-2H3,(H,43,44,45)/b27-25+,28-26+.